The molecule has 0 aliphatic heterocycles. The van der Waals surface area contributed by atoms with Crippen molar-refractivity contribution < 1.29 is 4.79 Å². The normalized spacial score (nSPS) is 11.3. The summed E-state index contributed by atoms with van der Waals surface area (Å²) in [4.78, 5) is 12.1. The van der Waals surface area contributed by atoms with Crippen LogP contribution in [-0.2, 0) is 11.3 Å². The summed E-state index contributed by atoms with van der Waals surface area (Å²) < 4.78 is 1.80. The second kappa shape index (κ2) is 5.88. The smallest absolute Gasteiger partial charge is 0.239 e. The van der Waals surface area contributed by atoms with Gasteiger partial charge in [0.25, 0.3) is 0 Å². The van der Waals surface area contributed by atoms with Gasteiger partial charge in [-0.25, -0.2) is 4.68 Å². The fourth-order valence-electron chi connectivity index (χ4n) is 1.81. The van der Waals surface area contributed by atoms with Gasteiger partial charge >= 0.3 is 0 Å². The maximum atomic E-state index is 12.1. The van der Waals surface area contributed by atoms with Crippen LogP contribution in [0, 0.1) is 0 Å². The van der Waals surface area contributed by atoms with E-state index in [0.29, 0.717) is 6.54 Å². The number of hydrogen-bond donors (Lipinski definition) is 2. The molecule has 1 aromatic heterocycles. The number of hydrogen-bond acceptors (Lipinski definition) is 3. The maximum Gasteiger partial charge on any atom is 0.239 e. The molecule has 2 rings (SSSR count). The quantitative estimate of drug-likeness (QED) is 0.867. The Labute approximate surface area is 119 Å². The van der Waals surface area contributed by atoms with Crippen molar-refractivity contribution in [3.63, 3.8) is 0 Å². The SMILES string of the molecule is CNC(C)(C)C(=O)NCc1ccccc1-n1cccn1. The Kier molecular flexibility index (Phi) is 4.20. The molecule has 0 fully saturated rings. The van der Waals surface area contributed by atoms with E-state index in [-0.39, 0.29) is 5.91 Å². The summed E-state index contributed by atoms with van der Waals surface area (Å²) in [7, 11) is 1.78. The van der Waals surface area contributed by atoms with E-state index in [2.05, 4.69) is 15.7 Å². The first-order valence-electron chi connectivity index (χ1n) is 6.60. The largest absolute Gasteiger partial charge is 0.350 e. The zero-order chi connectivity index (χ0) is 14.6. The van der Waals surface area contributed by atoms with Crippen LogP contribution in [0.1, 0.15) is 19.4 Å². The predicted molar refractivity (Wildman–Crippen MR) is 78.5 cm³/mol. The zero-order valence-corrected chi connectivity index (χ0v) is 12.1. The van der Waals surface area contributed by atoms with Crippen LogP contribution in [0.15, 0.2) is 42.7 Å². The monoisotopic (exact) mass is 272 g/mol. The number of rotatable bonds is 5. The lowest BCUT2D eigenvalue weighted by Gasteiger charge is -2.23. The topological polar surface area (TPSA) is 59.0 Å². The number of amides is 1. The van der Waals surface area contributed by atoms with E-state index in [4.69, 9.17) is 0 Å². The van der Waals surface area contributed by atoms with Gasteiger partial charge in [-0.1, -0.05) is 18.2 Å². The number of nitrogens with one attached hydrogen (secondary N) is 2. The van der Waals surface area contributed by atoms with Gasteiger partial charge in [0.2, 0.25) is 5.91 Å². The number of likely N-dealkylation sites (N-methyl/N-ethyl adjacent to an activating group) is 1. The Bertz CT molecular complexity index is 575. The lowest BCUT2D eigenvalue weighted by atomic mass is 10.0. The van der Waals surface area contributed by atoms with Crippen LogP contribution < -0.4 is 10.6 Å². The molecule has 0 radical (unpaired) electrons. The van der Waals surface area contributed by atoms with Crippen molar-refractivity contribution in [1.29, 1.82) is 0 Å². The number of nitrogens with zero attached hydrogens (tertiary/aromatic N) is 2. The Morgan fingerprint density at radius 1 is 1.30 bits per heavy atom. The van der Waals surface area contributed by atoms with E-state index in [9.17, 15) is 4.79 Å². The summed E-state index contributed by atoms with van der Waals surface area (Å²) in [5.74, 6) is -0.0322. The summed E-state index contributed by atoms with van der Waals surface area (Å²) in [6.45, 7) is 4.17. The molecule has 1 amide bonds. The molecular formula is C15H20N4O. The number of carbonyl (C=O) groups is 1. The van der Waals surface area contributed by atoms with Gasteiger partial charge < -0.3 is 10.6 Å². The molecule has 5 heteroatoms. The summed E-state index contributed by atoms with van der Waals surface area (Å²) >= 11 is 0. The molecule has 2 aromatic rings. The number of aromatic nitrogens is 2. The summed E-state index contributed by atoms with van der Waals surface area (Å²) in [5.41, 5.74) is 1.41. The number of benzene rings is 1. The Morgan fingerprint density at radius 2 is 2.05 bits per heavy atom. The molecule has 0 aliphatic carbocycles. The van der Waals surface area contributed by atoms with Crippen LogP contribution in [0.5, 0.6) is 0 Å². The first-order valence-corrected chi connectivity index (χ1v) is 6.60. The molecule has 0 unspecified atom stereocenters. The highest BCUT2D eigenvalue weighted by molar-refractivity contribution is 5.85. The fourth-order valence-corrected chi connectivity index (χ4v) is 1.81. The van der Waals surface area contributed by atoms with E-state index < -0.39 is 5.54 Å². The predicted octanol–water partition coefficient (Wildman–Crippen LogP) is 1.49. The Hall–Kier alpha value is -2.14. The Balaban J connectivity index is 2.13. The standard InChI is InChI=1S/C15H20N4O/c1-15(2,16-3)14(20)17-11-12-7-4-5-8-13(12)19-10-6-9-18-19/h4-10,16H,11H2,1-3H3,(H,17,20). The third-order valence-electron chi connectivity index (χ3n) is 3.37. The lowest BCUT2D eigenvalue weighted by molar-refractivity contribution is -0.126. The van der Waals surface area contributed by atoms with Crippen molar-refractivity contribution in [1.82, 2.24) is 20.4 Å². The van der Waals surface area contributed by atoms with Crippen LogP contribution in [0.4, 0.5) is 0 Å². The van der Waals surface area contributed by atoms with Crippen molar-refractivity contribution in [3.8, 4) is 5.69 Å². The van der Waals surface area contributed by atoms with Gasteiger partial charge in [-0.3, -0.25) is 4.79 Å². The van der Waals surface area contributed by atoms with Gasteiger partial charge in [-0.2, -0.15) is 5.10 Å². The van der Waals surface area contributed by atoms with E-state index in [1.807, 2.05) is 50.4 Å². The highest BCUT2D eigenvalue weighted by Crippen LogP contribution is 2.13. The van der Waals surface area contributed by atoms with Gasteiger partial charge in [0, 0.05) is 18.9 Å². The Morgan fingerprint density at radius 3 is 2.70 bits per heavy atom. The van der Waals surface area contributed by atoms with Crippen LogP contribution >= 0.6 is 0 Å². The molecule has 5 nitrogen and oxygen atoms in total. The molecule has 2 N–H and O–H groups in total. The van der Waals surface area contributed by atoms with Gasteiger partial charge in [-0.05, 0) is 38.6 Å². The number of para-hydroxylation sites is 1. The summed E-state index contributed by atoms with van der Waals surface area (Å²) in [5, 5.41) is 10.2. The van der Waals surface area contributed by atoms with Crippen LogP contribution in [0.25, 0.3) is 5.69 Å². The second-order valence-corrected chi connectivity index (χ2v) is 5.14. The molecule has 0 spiro atoms. The zero-order valence-electron chi connectivity index (χ0n) is 12.1. The molecule has 0 bridgehead atoms. The molecule has 0 aliphatic rings. The van der Waals surface area contributed by atoms with E-state index >= 15 is 0 Å². The molecule has 1 aromatic carbocycles. The van der Waals surface area contributed by atoms with Crippen molar-refractivity contribution in [3.05, 3.63) is 48.3 Å². The first-order chi connectivity index (χ1) is 9.54. The van der Waals surface area contributed by atoms with Gasteiger partial charge in [0.05, 0.1) is 11.2 Å². The van der Waals surface area contributed by atoms with E-state index in [0.717, 1.165) is 11.3 Å². The molecule has 0 atom stereocenters. The van der Waals surface area contributed by atoms with Crippen molar-refractivity contribution in [2.45, 2.75) is 25.9 Å². The van der Waals surface area contributed by atoms with Crippen molar-refractivity contribution >= 4 is 5.91 Å². The average molecular weight is 272 g/mol. The first kappa shape index (κ1) is 14.3. The summed E-state index contributed by atoms with van der Waals surface area (Å²) in [6.07, 6.45) is 3.62. The molecule has 1 heterocycles. The molecule has 20 heavy (non-hydrogen) atoms. The second-order valence-electron chi connectivity index (χ2n) is 5.14. The third kappa shape index (κ3) is 3.05. The summed E-state index contributed by atoms with van der Waals surface area (Å²) in [6, 6.07) is 9.76. The molecule has 0 saturated carbocycles. The van der Waals surface area contributed by atoms with E-state index in [1.165, 1.54) is 0 Å². The van der Waals surface area contributed by atoms with Gasteiger partial charge in [0.15, 0.2) is 0 Å². The molecular weight excluding hydrogens is 252 g/mol. The van der Waals surface area contributed by atoms with Crippen LogP contribution in [0.3, 0.4) is 0 Å². The fraction of sp³-hybridized carbons (Fsp3) is 0.333. The lowest BCUT2D eigenvalue weighted by Crippen LogP contribution is -2.50. The molecule has 106 valence electrons. The van der Waals surface area contributed by atoms with E-state index in [1.54, 1.807) is 17.9 Å². The van der Waals surface area contributed by atoms with Crippen molar-refractivity contribution in [2.24, 2.45) is 0 Å². The highest BCUT2D eigenvalue weighted by atomic mass is 16.2. The number of carbonyl (C=O) groups excluding carboxylic acids is 1. The van der Waals surface area contributed by atoms with Crippen molar-refractivity contribution in [2.75, 3.05) is 7.05 Å². The minimum atomic E-state index is -0.583. The third-order valence-corrected chi connectivity index (χ3v) is 3.37. The average Bonchev–Trinajstić information content (AvgIpc) is 2.99. The molecule has 0 saturated heterocycles. The maximum absolute atomic E-state index is 12.1. The minimum Gasteiger partial charge on any atom is -0.350 e. The highest BCUT2D eigenvalue weighted by Gasteiger charge is 2.24. The van der Waals surface area contributed by atoms with Crippen LogP contribution in [0.2, 0.25) is 0 Å². The van der Waals surface area contributed by atoms with Gasteiger partial charge in [-0.15, -0.1) is 0 Å². The van der Waals surface area contributed by atoms with Gasteiger partial charge in [0.1, 0.15) is 0 Å². The minimum absolute atomic E-state index is 0.0322. The van der Waals surface area contributed by atoms with Crippen LogP contribution in [-0.4, -0.2) is 28.3 Å².